The number of nitrogens with one attached hydrogen (secondary N) is 2. The van der Waals surface area contributed by atoms with Crippen LogP contribution in [0.15, 0.2) is 76.3 Å². The van der Waals surface area contributed by atoms with Crippen LogP contribution in [0.2, 0.25) is 10.0 Å². The molecule has 2 amide bonds. The van der Waals surface area contributed by atoms with Crippen LogP contribution in [0.25, 0.3) is 0 Å². The third-order valence-electron chi connectivity index (χ3n) is 3.94. The largest absolute Gasteiger partial charge is 0.422 e. The Kier molecular flexibility index (Phi) is 7.99. The fraction of sp³-hybridized carbons (Fsp3) is 0. The third-order valence-corrected chi connectivity index (χ3v) is 4.99. The van der Waals surface area contributed by atoms with E-state index in [4.69, 9.17) is 27.9 Å². The molecule has 162 valence electrons. The second kappa shape index (κ2) is 10.9. The van der Waals surface area contributed by atoms with Crippen LogP contribution in [0.4, 0.5) is 5.69 Å². The van der Waals surface area contributed by atoms with Crippen LogP contribution in [0.5, 0.6) is 5.75 Å². The Morgan fingerprint density at radius 1 is 0.938 bits per heavy atom. The summed E-state index contributed by atoms with van der Waals surface area (Å²) in [5.41, 5.74) is 3.06. The van der Waals surface area contributed by atoms with E-state index >= 15 is 0 Å². The molecule has 3 rings (SSSR count). The SMILES string of the molecule is O=C(NN=Cc1cc(Br)ccc1OC(=O)c1ccccc1)C(=O)Nc1cc(Cl)ccc1Cl. The van der Waals surface area contributed by atoms with Crippen LogP contribution in [0, 0.1) is 0 Å². The van der Waals surface area contributed by atoms with Gasteiger partial charge in [-0.1, -0.05) is 57.3 Å². The molecular formula is C22H14BrCl2N3O4. The average molecular weight is 535 g/mol. The minimum absolute atomic E-state index is 0.186. The lowest BCUT2D eigenvalue weighted by molar-refractivity contribution is -0.136. The van der Waals surface area contributed by atoms with Crippen molar-refractivity contribution in [1.29, 1.82) is 0 Å². The number of benzene rings is 3. The first-order valence-corrected chi connectivity index (χ1v) is 10.5. The number of hydrogen-bond donors (Lipinski definition) is 2. The van der Waals surface area contributed by atoms with E-state index in [-0.39, 0.29) is 16.5 Å². The van der Waals surface area contributed by atoms with E-state index in [2.05, 4.69) is 31.8 Å². The van der Waals surface area contributed by atoms with Gasteiger partial charge < -0.3 is 10.1 Å². The Balaban J connectivity index is 1.67. The molecule has 32 heavy (non-hydrogen) atoms. The van der Waals surface area contributed by atoms with Crippen molar-refractivity contribution in [2.75, 3.05) is 5.32 Å². The molecule has 0 atom stereocenters. The number of halogens is 3. The van der Waals surface area contributed by atoms with Crippen LogP contribution in [-0.2, 0) is 9.59 Å². The van der Waals surface area contributed by atoms with Gasteiger partial charge in [0.1, 0.15) is 5.75 Å². The molecule has 2 N–H and O–H groups in total. The van der Waals surface area contributed by atoms with E-state index in [1.165, 1.54) is 18.3 Å². The first-order chi connectivity index (χ1) is 15.3. The maximum atomic E-state index is 12.3. The highest BCUT2D eigenvalue weighted by Gasteiger charge is 2.15. The summed E-state index contributed by atoms with van der Waals surface area (Å²) in [5, 5.41) is 6.68. The van der Waals surface area contributed by atoms with Gasteiger partial charge in [0.2, 0.25) is 0 Å². The highest BCUT2D eigenvalue weighted by atomic mass is 79.9. The molecule has 0 heterocycles. The Bertz CT molecular complexity index is 1200. The lowest BCUT2D eigenvalue weighted by Crippen LogP contribution is -2.32. The van der Waals surface area contributed by atoms with Crippen molar-refractivity contribution in [3.05, 3.63) is 92.4 Å². The molecule has 0 aliphatic heterocycles. The molecule has 3 aromatic carbocycles. The van der Waals surface area contributed by atoms with Gasteiger partial charge in [0, 0.05) is 15.1 Å². The number of anilines is 1. The number of hydrazone groups is 1. The van der Waals surface area contributed by atoms with Crippen molar-refractivity contribution in [3.8, 4) is 5.75 Å². The Morgan fingerprint density at radius 3 is 2.44 bits per heavy atom. The summed E-state index contributed by atoms with van der Waals surface area (Å²) >= 11 is 15.2. The molecule has 0 aromatic heterocycles. The molecule has 0 fully saturated rings. The normalized spacial score (nSPS) is 10.6. The fourth-order valence-corrected chi connectivity index (χ4v) is 3.15. The zero-order valence-corrected chi connectivity index (χ0v) is 19.2. The zero-order chi connectivity index (χ0) is 23.1. The lowest BCUT2D eigenvalue weighted by Gasteiger charge is -2.08. The summed E-state index contributed by atoms with van der Waals surface area (Å²) in [7, 11) is 0. The van der Waals surface area contributed by atoms with E-state index < -0.39 is 17.8 Å². The smallest absolute Gasteiger partial charge is 0.343 e. The predicted octanol–water partition coefficient (Wildman–Crippen LogP) is 5.06. The van der Waals surface area contributed by atoms with E-state index in [0.29, 0.717) is 20.6 Å². The number of ether oxygens (including phenoxy) is 1. The molecule has 0 aliphatic carbocycles. The standard InChI is InChI=1S/C22H14BrCl2N3O4/c23-15-6-9-19(32-22(31)13-4-2-1-3-5-13)14(10-15)12-26-28-21(30)20(29)27-18-11-16(24)7-8-17(18)25/h1-12H,(H,27,29)(H,28,30). The van der Waals surface area contributed by atoms with Gasteiger partial charge in [-0.3, -0.25) is 9.59 Å². The zero-order valence-electron chi connectivity index (χ0n) is 16.1. The van der Waals surface area contributed by atoms with Crippen molar-refractivity contribution in [3.63, 3.8) is 0 Å². The summed E-state index contributed by atoms with van der Waals surface area (Å²) in [6.07, 6.45) is 1.25. The number of hydrogen-bond acceptors (Lipinski definition) is 5. The Labute approximate surface area is 201 Å². The fourth-order valence-electron chi connectivity index (χ4n) is 2.43. The predicted molar refractivity (Wildman–Crippen MR) is 126 cm³/mol. The van der Waals surface area contributed by atoms with Gasteiger partial charge in [0.05, 0.1) is 22.5 Å². The Morgan fingerprint density at radius 2 is 1.69 bits per heavy atom. The van der Waals surface area contributed by atoms with Crippen LogP contribution in [-0.4, -0.2) is 24.0 Å². The molecular weight excluding hydrogens is 521 g/mol. The summed E-state index contributed by atoms with van der Waals surface area (Å²) in [5.74, 6) is -2.36. The number of nitrogens with zero attached hydrogens (tertiary/aromatic N) is 1. The lowest BCUT2D eigenvalue weighted by atomic mass is 10.2. The van der Waals surface area contributed by atoms with Crippen molar-refractivity contribution in [2.45, 2.75) is 0 Å². The average Bonchev–Trinajstić information content (AvgIpc) is 2.78. The van der Waals surface area contributed by atoms with Crippen molar-refractivity contribution < 1.29 is 19.1 Å². The molecule has 0 bridgehead atoms. The molecule has 0 saturated carbocycles. The molecule has 3 aromatic rings. The molecule has 0 radical (unpaired) electrons. The van der Waals surface area contributed by atoms with Gasteiger partial charge in [-0.25, -0.2) is 10.2 Å². The van der Waals surface area contributed by atoms with Gasteiger partial charge in [-0.05, 0) is 48.5 Å². The van der Waals surface area contributed by atoms with Crippen LogP contribution >= 0.6 is 39.1 Å². The highest BCUT2D eigenvalue weighted by molar-refractivity contribution is 9.10. The monoisotopic (exact) mass is 533 g/mol. The molecule has 0 saturated heterocycles. The number of amides is 2. The van der Waals surface area contributed by atoms with E-state index in [1.807, 2.05) is 0 Å². The maximum absolute atomic E-state index is 12.3. The molecule has 0 unspecified atom stereocenters. The van der Waals surface area contributed by atoms with Gasteiger partial charge in [-0.15, -0.1) is 0 Å². The van der Waals surface area contributed by atoms with Crippen LogP contribution < -0.4 is 15.5 Å². The van der Waals surface area contributed by atoms with Crippen molar-refractivity contribution >= 4 is 68.8 Å². The van der Waals surface area contributed by atoms with Crippen LogP contribution in [0.3, 0.4) is 0 Å². The molecule has 0 aliphatic rings. The van der Waals surface area contributed by atoms with Crippen LogP contribution in [0.1, 0.15) is 15.9 Å². The summed E-state index contributed by atoms with van der Waals surface area (Å²) < 4.78 is 6.12. The number of carbonyl (C=O) groups excluding carboxylic acids is 3. The van der Waals surface area contributed by atoms with E-state index in [1.54, 1.807) is 54.6 Å². The van der Waals surface area contributed by atoms with Crippen molar-refractivity contribution in [2.24, 2.45) is 5.10 Å². The highest BCUT2D eigenvalue weighted by Crippen LogP contribution is 2.25. The first kappa shape index (κ1) is 23.5. The van der Waals surface area contributed by atoms with Gasteiger partial charge in [0.25, 0.3) is 0 Å². The topological polar surface area (TPSA) is 96.9 Å². The van der Waals surface area contributed by atoms with Gasteiger partial charge in [0.15, 0.2) is 0 Å². The van der Waals surface area contributed by atoms with Gasteiger partial charge >= 0.3 is 17.8 Å². The number of rotatable bonds is 5. The van der Waals surface area contributed by atoms with E-state index in [0.717, 1.165) is 0 Å². The first-order valence-electron chi connectivity index (χ1n) is 8.99. The molecule has 7 nitrogen and oxygen atoms in total. The summed E-state index contributed by atoms with van der Waals surface area (Å²) in [6, 6.07) is 17.8. The third kappa shape index (κ3) is 6.40. The quantitative estimate of drug-likeness (QED) is 0.157. The molecule has 10 heteroatoms. The van der Waals surface area contributed by atoms with E-state index in [9.17, 15) is 14.4 Å². The minimum Gasteiger partial charge on any atom is -0.422 e. The number of esters is 1. The second-order valence-corrected chi connectivity index (χ2v) is 7.97. The van der Waals surface area contributed by atoms with Crippen molar-refractivity contribution in [1.82, 2.24) is 5.43 Å². The minimum atomic E-state index is -1.03. The molecule has 0 spiro atoms. The maximum Gasteiger partial charge on any atom is 0.343 e. The summed E-state index contributed by atoms with van der Waals surface area (Å²) in [4.78, 5) is 36.4. The Hall–Kier alpha value is -3.20. The number of carbonyl (C=O) groups is 3. The second-order valence-electron chi connectivity index (χ2n) is 6.22. The summed E-state index contributed by atoms with van der Waals surface area (Å²) in [6.45, 7) is 0. The van der Waals surface area contributed by atoms with Gasteiger partial charge in [-0.2, -0.15) is 5.10 Å².